The van der Waals surface area contributed by atoms with E-state index in [1.807, 2.05) is 13.8 Å². The molecule has 4 heterocycles. The second-order valence-corrected chi connectivity index (χ2v) is 11.4. The summed E-state index contributed by atoms with van der Waals surface area (Å²) < 4.78 is 64.9. The summed E-state index contributed by atoms with van der Waals surface area (Å²) >= 11 is 0. The summed E-state index contributed by atoms with van der Waals surface area (Å²) in [6.45, 7) is 5.38. The standard InChI is InChI=1S/C23H28F3N7O2S/c1-14(13-36(27,34)35)21-15(2)31(9-10-32(21)17-4-5-17)20-7-8-28-22(30-20)18-11-29-19-6-3-16(12-33(18)19)23(24,25)26/h3,6-8,11-12,14-15,17,21H,4-5,9-10,13H2,1-2H3,(H2,27,34,35)/t14-,15-,21-/m0/s1. The Morgan fingerprint density at radius 3 is 2.58 bits per heavy atom. The zero-order valence-corrected chi connectivity index (χ0v) is 20.7. The Balaban J connectivity index is 1.48. The molecule has 0 aromatic carbocycles. The van der Waals surface area contributed by atoms with Gasteiger partial charge in [-0.05, 0) is 43.9 Å². The summed E-state index contributed by atoms with van der Waals surface area (Å²) in [4.78, 5) is 17.7. The van der Waals surface area contributed by atoms with Crippen molar-refractivity contribution in [3.8, 4) is 11.5 Å². The normalized spacial score (nSPS) is 22.8. The van der Waals surface area contributed by atoms with Crippen molar-refractivity contribution in [1.82, 2.24) is 24.3 Å². The van der Waals surface area contributed by atoms with Crippen LogP contribution in [0.4, 0.5) is 19.0 Å². The lowest BCUT2D eigenvalue weighted by molar-refractivity contribution is -0.137. The molecule has 1 aliphatic carbocycles. The van der Waals surface area contributed by atoms with Crippen LogP contribution in [0.15, 0.2) is 36.8 Å². The predicted molar refractivity (Wildman–Crippen MR) is 129 cm³/mol. The van der Waals surface area contributed by atoms with Crippen LogP contribution in [-0.4, -0.2) is 69.6 Å². The minimum atomic E-state index is -4.49. The summed E-state index contributed by atoms with van der Waals surface area (Å²) in [6, 6.07) is 4.40. The third kappa shape index (κ3) is 4.91. The average molecular weight is 524 g/mol. The molecule has 0 spiro atoms. The molecule has 13 heteroatoms. The Morgan fingerprint density at radius 1 is 1.17 bits per heavy atom. The zero-order chi connectivity index (χ0) is 25.8. The number of nitrogens with zero attached hydrogens (tertiary/aromatic N) is 6. The van der Waals surface area contributed by atoms with Crippen LogP contribution in [0.1, 0.15) is 32.3 Å². The van der Waals surface area contributed by atoms with Gasteiger partial charge >= 0.3 is 6.18 Å². The number of nitrogens with two attached hydrogens (primary N) is 1. The number of piperazine rings is 1. The van der Waals surface area contributed by atoms with E-state index in [2.05, 4.69) is 19.8 Å². The quantitative estimate of drug-likeness (QED) is 0.529. The van der Waals surface area contributed by atoms with Gasteiger partial charge in [0.1, 0.15) is 17.2 Å². The van der Waals surface area contributed by atoms with E-state index in [9.17, 15) is 21.6 Å². The summed E-state index contributed by atoms with van der Waals surface area (Å²) in [5.41, 5.74) is -0.0847. The Labute approximate surface area is 207 Å². The second kappa shape index (κ2) is 8.96. The molecule has 0 amide bonds. The molecule has 1 saturated carbocycles. The molecule has 0 radical (unpaired) electrons. The maximum Gasteiger partial charge on any atom is 0.417 e. The lowest BCUT2D eigenvalue weighted by atomic mass is 9.91. The zero-order valence-electron chi connectivity index (χ0n) is 19.9. The van der Waals surface area contributed by atoms with Gasteiger partial charge in [0.2, 0.25) is 10.0 Å². The van der Waals surface area contributed by atoms with Crippen LogP contribution in [0, 0.1) is 5.92 Å². The number of hydrogen-bond donors (Lipinski definition) is 1. The van der Waals surface area contributed by atoms with E-state index in [1.165, 1.54) is 16.7 Å². The van der Waals surface area contributed by atoms with Gasteiger partial charge in [-0.2, -0.15) is 13.2 Å². The van der Waals surface area contributed by atoms with Crippen molar-refractivity contribution in [3.63, 3.8) is 0 Å². The fourth-order valence-electron chi connectivity index (χ4n) is 5.41. The lowest BCUT2D eigenvalue weighted by Gasteiger charge is -2.49. The van der Waals surface area contributed by atoms with Crippen LogP contribution in [0.3, 0.4) is 0 Å². The SMILES string of the molecule is C[C@@H](CS(N)(=O)=O)[C@H]1[C@H](C)N(c2ccnc(-c3cnc4ccc(C(F)(F)F)cn34)n2)CCN1C1CC1. The van der Waals surface area contributed by atoms with Crippen LogP contribution in [-0.2, 0) is 16.2 Å². The summed E-state index contributed by atoms with van der Waals surface area (Å²) in [7, 11) is -3.64. The van der Waals surface area contributed by atoms with E-state index in [0.29, 0.717) is 29.7 Å². The molecule has 2 N–H and O–H groups in total. The average Bonchev–Trinajstić information content (AvgIpc) is 3.55. The number of sulfonamides is 1. The smallest absolute Gasteiger partial charge is 0.351 e. The molecule has 194 valence electrons. The maximum absolute atomic E-state index is 13.3. The Kier molecular flexibility index (Phi) is 6.20. The molecule has 9 nitrogen and oxygen atoms in total. The highest BCUT2D eigenvalue weighted by molar-refractivity contribution is 7.89. The first-order chi connectivity index (χ1) is 16.9. The van der Waals surface area contributed by atoms with E-state index in [-0.39, 0.29) is 29.6 Å². The maximum atomic E-state index is 13.3. The molecule has 3 aromatic rings. The van der Waals surface area contributed by atoms with Gasteiger partial charge in [0, 0.05) is 43.6 Å². The summed E-state index contributed by atoms with van der Waals surface area (Å²) in [5, 5.41) is 5.37. The number of imidazole rings is 1. The van der Waals surface area contributed by atoms with Gasteiger partial charge in [-0.1, -0.05) is 6.92 Å². The molecule has 2 aliphatic rings. The van der Waals surface area contributed by atoms with E-state index >= 15 is 0 Å². The molecule has 5 rings (SSSR count). The van der Waals surface area contributed by atoms with Crippen LogP contribution in [0.5, 0.6) is 0 Å². The van der Waals surface area contributed by atoms with Gasteiger partial charge in [0.05, 0.1) is 17.5 Å². The molecule has 3 atom stereocenters. The predicted octanol–water partition coefficient (Wildman–Crippen LogP) is 2.78. The molecule has 1 saturated heterocycles. The van der Waals surface area contributed by atoms with Gasteiger partial charge in [-0.15, -0.1) is 0 Å². The minimum absolute atomic E-state index is 0.0480. The number of pyridine rings is 1. The molecule has 3 aromatic heterocycles. The van der Waals surface area contributed by atoms with Crippen LogP contribution in [0.2, 0.25) is 0 Å². The van der Waals surface area contributed by atoms with Gasteiger partial charge < -0.3 is 4.90 Å². The second-order valence-electron chi connectivity index (χ2n) is 9.73. The van der Waals surface area contributed by atoms with E-state index < -0.39 is 21.8 Å². The third-order valence-corrected chi connectivity index (χ3v) is 8.05. The highest BCUT2D eigenvalue weighted by Gasteiger charge is 2.44. The lowest BCUT2D eigenvalue weighted by Crippen LogP contribution is -2.62. The molecule has 0 bridgehead atoms. The van der Waals surface area contributed by atoms with Crippen molar-refractivity contribution >= 4 is 21.5 Å². The number of alkyl halides is 3. The molecule has 2 fully saturated rings. The number of fused-ring (bicyclic) bond motifs is 1. The van der Waals surface area contributed by atoms with Gasteiger partial charge in [0.15, 0.2) is 5.82 Å². The number of rotatable bonds is 6. The Hall–Kier alpha value is -2.77. The molecule has 1 aliphatic heterocycles. The van der Waals surface area contributed by atoms with Crippen molar-refractivity contribution in [1.29, 1.82) is 0 Å². The van der Waals surface area contributed by atoms with Crippen LogP contribution >= 0.6 is 0 Å². The highest BCUT2D eigenvalue weighted by atomic mass is 32.2. The fraction of sp³-hybridized carbons (Fsp3) is 0.522. The molecule has 36 heavy (non-hydrogen) atoms. The van der Waals surface area contributed by atoms with Crippen LogP contribution in [0.25, 0.3) is 17.2 Å². The van der Waals surface area contributed by atoms with Crippen molar-refractivity contribution in [3.05, 3.63) is 42.4 Å². The number of anilines is 1. The minimum Gasteiger partial charge on any atom is -0.351 e. The largest absolute Gasteiger partial charge is 0.417 e. The Bertz CT molecular complexity index is 1370. The van der Waals surface area contributed by atoms with Crippen molar-refractivity contribution in [2.75, 3.05) is 23.7 Å². The first-order valence-electron chi connectivity index (χ1n) is 11.8. The van der Waals surface area contributed by atoms with Crippen molar-refractivity contribution < 1.29 is 21.6 Å². The Morgan fingerprint density at radius 2 is 1.92 bits per heavy atom. The third-order valence-electron chi connectivity index (χ3n) is 7.06. The molecular formula is C23H28F3N7O2S. The topological polar surface area (TPSA) is 110 Å². The van der Waals surface area contributed by atoms with E-state index in [1.54, 1.807) is 12.3 Å². The number of hydrogen-bond acceptors (Lipinski definition) is 7. The van der Waals surface area contributed by atoms with Crippen molar-refractivity contribution in [2.45, 2.75) is 51.0 Å². The number of halogens is 3. The molecular weight excluding hydrogens is 495 g/mol. The first kappa shape index (κ1) is 24.9. The fourth-order valence-corrected chi connectivity index (χ4v) is 6.34. The highest BCUT2D eigenvalue weighted by Crippen LogP contribution is 2.37. The van der Waals surface area contributed by atoms with E-state index in [0.717, 1.165) is 31.6 Å². The van der Waals surface area contributed by atoms with Gasteiger partial charge in [-0.3, -0.25) is 9.30 Å². The van der Waals surface area contributed by atoms with Crippen LogP contribution < -0.4 is 10.0 Å². The molecule has 0 unspecified atom stereocenters. The first-order valence-corrected chi connectivity index (χ1v) is 13.5. The van der Waals surface area contributed by atoms with Gasteiger partial charge in [0.25, 0.3) is 0 Å². The number of primary sulfonamides is 1. The summed E-state index contributed by atoms with van der Waals surface area (Å²) in [5.74, 6) is 0.569. The van der Waals surface area contributed by atoms with E-state index in [4.69, 9.17) is 10.1 Å². The van der Waals surface area contributed by atoms with Gasteiger partial charge in [-0.25, -0.2) is 28.5 Å². The monoisotopic (exact) mass is 523 g/mol. The number of aromatic nitrogens is 4. The van der Waals surface area contributed by atoms with Crippen molar-refractivity contribution in [2.24, 2.45) is 11.1 Å². The summed E-state index contributed by atoms with van der Waals surface area (Å²) in [6.07, 6.45) is 1.73.